The van der Waals surface area contributed by atoms with E-state index in [0.29, 0.717) is 17.3 Å². The number of sulfonamides is 1. The molecule has 1 aliphatic heterocycles. The molecular formula is C25H23F3N8O6S2. The number of aromatic nitrogens is 5. The van der Waals surface area contributed by atoms with Gasteiger partial charge in [0.1, 0.15) is 18.3 Å². The summed E-state index contributed by atoms with van der Waals surface area (Å²) in [5, 5.41) is 38.8. The van der Waals surface area contributed by atoms with E-state index in [1.54, 1.807) is 11.9 Å². The summed E-state index contributed by atoms with van der Waals surface area (Å²) in [5.41, 5.74) is -0.582. The molecule has 1 saturated heterocycles. The van der Waals surface area contributed by atoms with E-state index in [2.05, 4.69) is 25.3 Å². The van der Waals surface area contributed by atoms with Crippen molar-refractivity contribution < 1.29 is 41.6 Å². The Morgan fingerprint density at radius 2 is 1.89 bits per heavy atom. The maximum absolute atomic E-state index is 13.5. The Labute approximate surface area is 250 Å². The molecule has 0 saturated carbocycles. The van der Waals surface area contributed by atoms with Gasteiger partial charge in [-0.1, -0.05) is 23.5 Å². The van der Waals surface area contributed by atoms with Crippen LogP contribution < -0.4 is 15.4 Å². The van der Waals surface area contributed by atoms with Crippen LogP contribution in [0, 0.1) is 0 Å². The van der Waals surface area contributed by atoms with Crippen molar-refractivity contribution in [1.29, 1.82) is 0 Å². The fraction of sp³-hybridized carbons (Fsp3) is 0.280. The van der Waals surface area contributed by atoms with Crippen LogP contribution in [0.4, 0.5) is 35.8 Å². The van der Waals surface area contributed by atoms with Crippen molar-refractivity contribution in [1.82, 2.24) is 24.5 Å². The number of alkyl halides is 3. The van der Waals surface area contributed by atoms with Crippen molar-refractivity contribution >= 4 is 65.3 Å². The fourth-order valence-electron chi connectivity index (χ4n) is 4.78. The number of fused-ring (bicyclic) bond motifs is 2. The predicted octanol–water partition coefficient (Wildman–Crippen LogP) is 2.23. The van der Waals surface area contributed by atoms with Crippen molar-refractivity contribution in [3.63, 3.8) is 0 Å². The van der Waals surface area contributed by atoms with E-state index < -0.39 is 57.8 Å². The molecule has 232 valence electrons. The Morgan fingerprint density at radius 1 is 1.14 bits per heavy atom. The molecule has 6 N–H and O–H groups in total. The summed E-state index contributed by atoms with van der Waals surface area (Å²) in [6.07, 6.45) is -8.93. The lowest BCUT2D eigenvalue weighted by atomic mass is 10.1. The molecule has 44 heavy (non-hydrogen) atoms. The van der Waals surface area contributed by atoms with Crippen LogP contribution in [0.2, 0.25) is 0 Å². The second-order valence-corrected chi connectivity index (χ2v) is 12.4. The molecule has 0 aliphatic carbocycles. The number of thiazole rings is 1. The molecule has 0 spiro atoms. The molecule has 5 aromatic rings. The number of primary sulfonamides is 1. The molecule has 14 nitrogen and oxygen atoms in total. The second-order valence-electron chi connectivity index (χ2n) is 9.83. The summed E-state index contributed by atoms with van der Waals surface area (Å²) in [4.78, 5) is 18.4. The van der Waals surface area contributed by atoms with Crippen molar-refractivity contribution in [2.24, 2.45) is 5.14 Å². The van der Waals surface area contributed by atoms with Gasteiger partial charge >= 0.3 is 6.18 Å². The summed E-state index contributed by atoms with van der Waals surface area (Å²) >= 11 is 1.35. The van der Waals surface area contributed by atoms with Gasteiger partial charge in [0.05, 0.1) is 33.6 Å². The first-order valence-corrected chi connectivity index (χ1v) is 15.1. The van der Waals surface area contributed by atoms with Gasteiger partial charge in [0.25, 0.3) is 0 Å². The third kappa shape index (κ3) is 5.31. The topological polar surface area (TPSA) is 202 Å². The van der Waals surface area contributed by atoms with E-state index in [9.17, 15) is 36.9 Å². The summed E-state index contributed by atoms with van der Waals surface area (Å²) in [5.74, 6) is -0.0188. The Balaban J connectivity index is 1.49. The molecule has 1 fully saturated rings. The molecule has 0 bridgehead atoms. The zero-order valence-electron chi connectivity index (χ0n) is 22.4. The van der Waals surface area contributed by atoms with Crippen LogP contribution in [0.5, 0.6) is 0 Å². The lowest BCUT2D eigenvalue weighted by molar-refractivity contribution is -0.139. The number of aliphatic hydroxyl groups excluding tert-OH is 3. The van der Waals surface area contributed by atoms with E-state index in [1.165, 1.54) is 22.2 Å². The first-order valence-electron chi connectivity index (χ1n) is 12.7. The molecule has 0 amide bonds. The first-order chi connectivity index (χ1) is 20.8. The first kappa shape index (κ1) is 30.1. The Morgan fingerprint density at radius 3 is 2.55 bits per heavy atom. The number of hydrogen-bond acceptors (Lipinski definition) is 13. The lowest BCUT2D eigenvalue weighted by Crippen LogP contribution is -2.33. The summed E-state index contributed by atoms with van der Waals surface area (Å²) in [7, 11) is -3.12. The van der Waals surface area contributed by atoms with E-state index in [0.717, 1.165) is 16.3 Å². The normalized spacial score (nSPS) is 20.9. The molecule has 19 heteroatoms. The number of halogens is 3. The Kier molecular flexibility index (Phi) is 7.43. The predicted molar refractivity (Wildman–Crippen MR) is 152 cm³/mol. The van der Waals surface area contributed by atoms with Gasteiger partial charge in [-0.3, -0.25) is 4.57 Å². The van der Waals surface area contributed by atoms with Crippen LogP contribution in [0.3, 0.4) is 0 Å². The van der Waals surface area contributed by atoms with Crippen molar-refractivity contribution in [2.75, 3.05) is 23.9 Å². The second kappa shape index (κ2) is 10.9. The molecule has 1 aliphatic rings. The Hall–Kier alpha value is -3.98. The number of aliphatic hydroxyl groups is 3. The minimum Gasteiger partial charge on any atom is -0.394 e. The lowest BCUT2D eigenvalue weighted by Gasteiger charge is -2.19. The van der Waals surface area contributed by atoms with Crippen LogP contribution in [0.15, 0.2) is 53.7 Å². The molecule has 3 aromatic heterocycles. The number of imidazole rings is 1. The third-order valence-corrected chi connectivity index (χ3v) is 8.99. The van der Waals surface area contributed by atoms with Gasteiger partial charge in [-0.15, -0.1) is 0 Å². The van der Waals surface area contributed by atoms with E-state index >= 15 is 0 Å². The molecule has 2 aromatic carbocycles. The average Bonchev–Trinajstić information content (AvgIpc) is 3.67. The Bertz CT molecular complexity index is 1950. The SMILES string of the molecule is CN(c1nc2ccccc2s1)c1nc(Nc2ccc(C(F)(F)F)c(S(N)(=O)=O)c2)nc2c1ncn2[C@@H]1O[C@H](CO)[C@@H](O)[C@H]1O. The minimum atomic E-state index is -4.99. The zero-order valence-corrected chi connectivity index (χ0v) is 24.0. The number of hydrogen-bond donors (Lipinski definition) is 5. The highest BCUT2D eigenvalue weighted by atomic mass is 32.2. The van der Waals surface area contributed by atoms with Crippen LogP contribution in [0.1, 0.15) is 11.8 Å². The number of benzene rings is 2. The number of ether oxygens (including phenoxy) is 1. The molecule has 6 rings (SSSR count). The van der Waals surface area contributed by atoms with Gasteiger partial charge in [0, 0.05) is 12.7 Å². The van der Waals surface area contributed by atoms with E-state index in [4.69, 9.17) is 9.88 Å². The maximum Gasteiger partial charge on any atom is 0.417 e. The largest absolute Gasteiger partial charge is 0.417 e. The molecule has 0 radical (unpaired) electrons. The quantitative estimate of drug-likeness (QED) is 0.172. The summed E-state index contributed by atoms with van der Waals surface area (Å²) in [6.45, 7) is -0.574. The van der Waals surface area contributed by atoms with Crippen molar-refractivity contribution in [3.8, 4) is 0 Å². The van der Waals surface area contributed by atoms with E-state index in [1.807, 2.05) is 24.3 Å². The standard InChI is InChI=1S/C25H23F3N8O6S2/c1-35(24-32-13-4-2-3-5-15(13)43-24)20-17-21(36(10-30-17)22-19(39)18(38)14(9-37)42-22)34-23(33-20)31-11-6-7-12(25(26,27)28)16(8-11)44(29,40)41/h2-8,10,14,18-19,22,37-39H,9H2,1H3,(H2,29,40,41)(H,31,33,34)/t14-,18-,19-,22-/m1/s1. The number of nitrogens with two attached hydrogens (primary N) is 1. The smallest absolute Gasteiger partial charge is 0.394 e. The zero-order chi connectivity index (χ0) is 31.6. The van der Waals surface area contributed by atoms with Gasteiger partial charge in [-0.25, -0.2) is 23.5 Å². The van der Waals surface area contributed by atoms with Crippen LogP contribution in [-0.4, -0.2) is 80.2 Å². The number of para-hydroxylation sites is 1. The molecule has 4 heterocycles. The molecule has 4 atom stereocenters. The van der Waals surface area contributed by atoms with Gasteiger partial charge in [0.2, 0.25) is 16.0 Å². The highest BCUT2D eigenvalue weighted by molar-refractivity contribution is 7.89. The highest BCUT2D eigenvalue weighted by Gasteiger charge is 2.44. The highest BCUT2D eigenvalue weighted by Crippen LogP contribution is 2.38. The maximum atomic E-state index is 13.5. The fourth-order valence-corrected chi connectivity index (χ4v) is 6.49. The van der Waals surface area contributed by atoms with Gasteiger partial charge in [-0.05, 0) is 30.3 Å². The number of nitrogens with one attached hydrogen (secondary N) is 1. The molecular weight excluding hydrogens is 629 g/mol. The number of nitrogens with zero attached hydrogens (tertiary/aromatic N) is 6. The van der Waals surface area contributed by atoms with E-state index in [-0.39, 0.29) is 28.6 Å². The third-order valence-electron chi connectivity index (χ3n) is 6.93. The van der Waals surface area contributed by atoms with Gasteiger partial charge < -0.3 is 30.3 Å². The minimum absolute atomic E-state index is 0.0684. The molecule has 0 unspecified atom stereocenters. The summed E-state index contributed by atoms with van der Waals surface area (Å²) in [6, 6.07) is 9.68. The van der Waals surface area contributed by atoms with Crippen LogP contribution in [0.25, 0.3) is 21.4 Å². The van der Waals surface area contributed by atoms with Crippen molar-refractivity contribution in [2.45, 2.75) is 35.6 Å². The summed E-state index contributed by atoms with van der Waals surface area (Å²) < 4.78 is 72.5. The van der Waals surface area contributed by atoms with Crippen LogP contribution in [-0.2, 0) is 20.9 Å². The number of rotatable bonds is 7. The van der Waals surface area contributed by atoms with Gasteiger partial charge in [-0.2, -0.15) is 23.1 Å². The van der Waals surface area contributed by atoms with Crippen LogP contribution >= 0.6 is 11.3 Å². The van der Waals surface area contributed by atoms with Crippen molar-refractivity contribution in [3.05, 3.63) is 54.4 Å². The average molecular weight is 653 g/mol. The van der Waals surface area contributed by atoms with Gasteiger partial charge in [0.15, 0.2) is 28.3 Å². The number of anilines is 4. The monoisotopic (exact) mass is 652 g/mol.